The molecule has 0 saturated carbocycles. The molecule has 1 aromatic carbocycles. The van der Waals surface area contributed by atoms with Gasteiger partial charge in [-0.3, -0.25) is 4.79 Å². The van der Waals surface area contributed by atoms with E-state index in [-0.39, 0.29) is 22.2 Å². The molecule has 2 aromatic rings. The zero-order chi connectivity index (χ0) is 15.4. The molecule has 0 fully saturated rings. The molecule has 0 aliphatic heterocycles. The van der Waals surface area contributed by atoms with Gasteiger partial charge in [0.15, 0.2) is 5.69 Å². The van der Waals surface area contributed by atoms with Crippen molar-refractivity contribution in [2.75, 3.05) is 11.1 Å². The third-order valence-electron chi connectivity index (χ3n) is 2.46. The number of carbonyl (C=O) groups is 1. The lowest BCUT2D eigenvalue weighted by atomic mass is 10.2. The number of nitrogens with one attached hydrogen (secondary N) is 1. The van der Waals surface area contributed by atoms with Crippen molar-refractivity contribution in [3.8, 4) is 5.75 Å². The highest BCUT2D eigenvalue weighted by atomic mass is 35.5. The van der Waals surface area contributed by atoms with E-state index in [4.69, 9.17) is 17.3 Å². The average Bonchev–Trinajstić information content (AvgIpc) is 2.42. The first-order valence-corrected chi connectivity index (χ1v) is 6.11. The molecule has 0 bridgehead atoms. The molecule has 5 nitrogen and oxygen atoms in total. The van der Waals surface area contributed by atoms with Crippen LogP contribution in [-0.2, 0) is 0 Å². The van der Waals surface area contributed by atoms with Gasteiger partial charge in [-0.15, -0.1) is 0 Å². The fraction of sp³-hybridized carbons (Fsp3) is 0.0769. The Hall–Kier alpha value is -2.41. The molecule has 0 radical (unpaired) electrons. The van der Waals surface area contributed by atoms with Gasteiger partial charge in [-0.05, 0) is 30.3 Å². The Kier molecular flexibility index (Phi) is 4.54. The van der Waals surface area contributed by atoms with E-state index in [2.05, 4.69) is 15.0 Å². The summed E-state index contributed by atoms with van der Waals surface area (Å²) in [6.45, 7) is -2.98. The van der Waals surface area contributed by atoms with Gasteiger partial charge in [-0.25, -0.2) is 4.98 Å². The molecule has 2 rings (SSSR count). The summed E-state index contributed by atoms with van der Waals surface area (Å²) >= 11 is 5.78. The lowest BCUT2D eigenvalue weighted by Crippen LogP contribution is -2.15. The molecule has 0 spiro atoms. The van der Waals surface area contributed by atoms with Crippen LogP contribution in [0, 0.1) is 0 Å². The molecule has 21 heavy (non-hydrogen) atoms. The number of nitrogens with two attached hydrogens (primary N) is 1. The minimum Gasteiger partial charge on any atom is -0.433 e. The number of aromatic nitrogens is 1. The van der Waals surface area contributed by atoms with Crippen LogP contribution in [0.1, 0.15) is 10.5 Å². The molecule has 0 aliphatic carbocycles. The van der Waals surface area contributed by atoms with Gasteiger partial charge in [0.2, 0.25) is 0 Å². The van der Waals surface area contributed by atoms with E-state index >= 15 is 0 Å². The Morgan fingerprint density at radius 2 is 2.14 bits per heavy atom. The summed E-state index contributed by atoms with van der Waals surface area (Å²) in [6.07, 6.45) is 1.43. The predicted molar refractivity (Wildman–Crippen MR) is 74.7 cm³/mol. The van der Waals surface area contributed by atoms with E-state index in [0.29, 0.717) is 5.69 Å². The first-order chi connectivity index (χ1) is 9.97. The van der Waals surface area contributed by atoms with Gasteiger partial charge in [0, 0.05) is 11.9 Å². The number of hydrogen-bond acceptors (Lipinski definition) is 4. The standard InChI is InChI=1S/C13H10ClF2N3O2/c14-8-6-7(3-4-10(8)21-13(15)16)19-12(20)11-9(17)2-1-5-18-11/h1-6,13H,17H2,(H,19,20). The molecular formula is C13H10ClF2N3O2. The Morgan fingerprint density at radius 1 is 1.38 bits per heavy atom. The van der Waals surface area contributed by atoms with Gasteiger partial charge in [0.1, 0.15) is 5.75 Å². The first-order valence-electron chi connectivity index (χ1n) is 5.73. The molecule has 1 aromatic heterocycles. The highest BCUT2D eigenvalue weighted by Crippen LogP contribution is 2.29. The zero-order valence-corrected chi connectivity index (χ0v) is 11.3. The van der Waals surface area contributed by atoms with E-state index in [1.54, 1.807) is 6.07 Å². The van der Waals surface area contributed by atoms with E-state index in [1.807, 2.05) is 0 Å². The number of amides is 1. The molecule has 3 N–H and O–H groups in total. The second-order valence-electron chi connectivity index (χ2n) is 3.92. The second-order valence-corrected chi connectivity index (χ2v) is 4.33. The number of rotatable bonds is 4. The molecular weight excluding hydrogens is 304 g/mol. The number of nitrogens with zero attached hydrogens (tertiary/aromatic N) is 1. The fourth-order valence-electron chi connectivity index (χ4n) is 1.57. The molecule has 1 amide bonds. The number of alkyl halides is 2. The van der Waals surface area contributed by atoms with Gasteiger partial charge in [-0.2, -0.15) is 8.78 Å². The summed E-state index contributed by atoms with van der Waals surface area (Å²) in [5, 5.41) is 2.46. The Bertz CT molecular complexity index is 668. The predicted octanol–water partition coefficient (Wildman–Crippen LogP) is 3.17. The van der Waals surface area contributed by atoms with Gasteiger partial charge in [0.25, 0.3) is 5.91 Å². The van der Waals surface area contributed by atoms with Gasteiger partial charge < -0.3 is 15.8 Å². The normalized spacial score (nSPS) is 10.5. The summed E-state index contributed by atoms with van der Waals surface area (Å²) in [4.78, 5) is 15.8. The van der Waals surface area contributed by atoms with Crippen LogP contribution in [0.4, 0.5) is 20.2 Å². The van der Waals surface area contributed by atoms with Crippen LogP contribution in [0.25, 0.3) is 0 Å². The number of benzene rings is 1. The van der Waals surface area contributed by atoms with E-state index in [0.717, 1.165) is 0 Å². The van der Waals surface area contributed by atoms with Crippen molar-refractivity contribution in [3.63, 3.8) is 0 Å². The molecule has 0 saturated heterocycles. The molecule has 0 unspecified atom stereocenters. The number of pyridine rings is 1. The maximum Gasteiger partial charge on any atom is 0.387 e. The molecule has 8 heteroatoms. The summed E-state index contributed by atoms with van der Waals surface area (Å²) in [5.74, 6) is -0.714. The number of ether oxygens (including phenoxy) is 1. The van der Waals surface area contributed by atoms with Crippen LogP contribution in [-0.4, -0.2) is 17.5 Å². The Labute approximate surface area is 123 Å². The zero-order valence-electron chi connectivity index (χ0n) is 10.5. The van der Waals surface area contributed by atoms with Gasteiger partial charge in [-0.1, -0.05) is 11.6 Å². The van der Waals surface area contributed by atoms with Crippen molar-refractivity contribution < 1.29 is 18.3 Å². The van der Waals surface area contributed by atoms with Crippen molar-refractivity contribution >= 4 is 28.9 Å². The largest absolute Gasteiger partial charge is 0.433 e. The van der Waals surface area contributed by atoms with Crippen molar-refractivity contribution in [1.29, 1.82) is 0 Å². The van der Waals surface area contributed by atoms with Crippen LogP contribution in [0.2, 0.25) is 5.02 Å². The SMILES string of the molecule is Nc1cccnc1C(=O)Nc1ccc(OC(F)F)c(Cl)c1. The highest BCUT2D eigenvalue weighted by molar-refractivity contribution is 6.32. The van der Waals surface area contributed by atoms with E-state index in [9.17, 15) is 13.6 Å². The van der Waals surface area contributed by atoms with Crippen LogP contribution in [0.5, 0.6) is 5.75 Å². The summed E-state index contributed by atoms with van der Waals surface area (Å²) < 4.78 is 28.4. The van der Waals surface area contributed by atoms with Crippen LogP contribution in [0.3, 0.4) is 0 Å². The molecule has 1 heterocycles. The van der Waals surface area contributed by atoms with E-state index < -0.39 is 12.5 Å². The van der Waals surface area contributed by atoms with Crippen molar-refractivity contribution in [3.05, 3.63) is 47.2 Å². The quantitative estimate of drug-likeness (QED) is 0.909. The number of carbonyl (C=O) groups excluding carboxylic acids is 1. The minimum atomic E-state index is -2.98. The highest BCUT2D eigenvalue weighted by Gasteiger charge is 2.13. The van der Waals surface area contributed by atoms with Crippen molar-refractivity contribution in [2.24, 2.45) is 0 Å². The van der Waals surface area contributed by atoms with Crippen LogP contribution >= 0.6 is 11.6 Å². The van der Waals surface area contributed by atoms with Gasteiger partial charge >= 0.3 is 6.61 Å². The molecule has 0 aliphatic rings. The van der Waals surface area contributed by atoms with Crippen LogP contribution in [0.15, 0.2) is 36.5 Å². The third kappa shape index (κ3) is 3.79. The van der Waals surface area contributed by atoms with E-state index in [1.165, 1.54) is 30.5 Å². The Morgan fingerprint density at radius 3 is 2.76 bits per heavy atom. The molecule has 0 atom stereocenters. The first kappa shape index (κ1) is 15.0. The topological polar surface area (TPSA) is 77.2 Å². The number of halogens is 3. The fourth-order valence-corrected chi connectivity index (χ4v) is 1.79. The lowest BCUT2D eigenvalue weighted by Gasteiger charge is -2.10. The van der Waals surface area contributed by atoms with Crippen LogP contribution < -0.4 is 15.8 Å². The monoisotopic (exact) mass is 313 g/mol. The minimum absolute atomic E-state index is 0.0536. The lowest BCUT2D eigenvalue weighted by molar-refractivity contribution is -0.0497. The maximum absolute atomic E-state index is 12.1. The summed E-state index contributed by atoms with van der Waals surface area (Å²) in [6, 6.07) is 7.02. The third-order valence-corrected chi connectivity index (χ3v) is 2.76. The second kappa shape index (κ2) is 6.36. The van der Waals surface area contributed by atoms with Crippen molar-refractivity contribution in [2.45, 2.75) is 6.61 Å². The molecule has 110 valence electrons. The number of nitrogen functional groups attached to an aromatic ring is 1. The maximum atomic E-state index is 12.1. The number of hydrogen-bond donors (Lipinski definition) is 2. The van der Waals surface area contributed by atoms with Crippen molar-refractivity contribution in [1.82, 2.24) is 4.98 Å². The summed E-state index contributed by atoms with van der Waals surface area (Å²) in [7, 11) is 0. The van der Waals surface area contributed by atoms with Gasteiger partial charge in [0.05, 0.1) is 10.7 Å². The smallest absolute Gasteiger partial charge is 0.387 e. The Balaban J connectivity index is 2.15. The average molecular weight is 314 g/mol. The summed E-state index contributed by atoms with van der Waals surface area (Å²) in [5.41, 5.74) is 6.21. The number of anilines is 2.